The minimum Gasteiger partial charge on any atom is -0.299 e. The predicted octanol–water partition coefficient (Wildman–Crippen LogP) is 4.69. The highest BCUT2D eigenvalue weighted by molar-refractivity contribution is 6.31. The zero-order valence-electron chi connectivity index (χ0n) is 14.7. The van der Waals surface area contributed by atoms with Crippen molar-refractivity contribution in [3.8, 4) is 0 Å². The molecular formula is C19H24ClFN2O. The third-order valence-corrected chi connectivity index (χ3v) is 4.48. The van der Waals surface area contributed by atoms with Crippen molar-refractivity contribution in [2.45, 2.75) is 53.5 Å². The van der Waals surface area contributed by atoms with E-state index >= 15 is 0 Å². The van der Waals surface area contributed by atoms with Gasteiger partial charge in [-0.15, -0.1) is 0 Å². The fraction of sp³-hybridized carbons (Fsp3) is 0.474. The number of ketones is 1. The standard InChI is InChI=1S/C19H24ClFN2O/c1-12(2)11-23-14(4)18(13(3)22-23)10-17(24)8-6-15-5-7-16(21)9-19(15)20/h5,7,9,12H,6,8,10-11H2,1-4H3. The molecule has 0 N–H and O–H groups in total. The highest BCUT2D eigenvalue weighted by Crippen LogP contribution is 2.20. The molecule has 0 saturated heterocycles. The van der Waals surface area contributed by atoms with Crippen LogP contribution < -0.4 is 0 Å². The molecule has 1 aromatic heterocycles. The van der Waals surface area contributed by atoms with Gasteiger partial charge in [0.1, 0.15) is 11.6 Å². The van der Waals surface area contributed by atoms with Crippen molar-refractivity contribution in [1.82, 2.24) is 9.78 Å². The highest BCUT2D eigenvalue weighted by atomic mass is 35.5. The van der Waals surface area contributed by atoms with Crippen LogP contribution in [0.1, 0.15) is 42.8 Å². The molecule has 0 saturated carbocycles. The normalized spacial score (nSPS) is 11.3. The lowest BCUT2D eigenvalue weighted by molar-refractivity contribution is -0.118. The van der Waals surface area contributed by atoms with Crippen LogP contribution in [0.15, 0.2) is 18.2 Å². The van der Waals surface area contributed by atoms with Crippen LogP contribution in [0.5, 0.6) is 0 Å². The first kappa shape index (κ1) is 18.7. The summed E-state index contributed by atoms with van der Waals surface area (Å²) >= 11 is 6.01. The molecule has 0 aliphatic heterocycles. The Morgan fingerprint density at radius 2 is 2.04 bits per heavy atom. The lowest BCUT2D eigenvalue weighted by atomic mass is 10.0. The SMILES string of the molecule is Cc1nn(CC(C)C)c(C)c1CC(=O)CCc1ccc(F)cc1Cl. The van der Waals surface area contributed by atoms with E-state index in [0.717, 1.165) is 29.1 Å². The maximum absolute atomic E-state index is 13.1. The van der Waals surface area contributed by atoms with Crippen molar-refractivity contribution in [1.29, 1.82) is 0 Å². The molecule has 0 aliphatic rings. The number of hydrogen-bond donors (Lipinski definition) is 0. The van der Waals surface area contributed by atoms with E-state index in [0.29, 0.717) is 30.2 Å². The minimum atomic E-state index is -0.362. The molecule has 130 valence electrons. The molecule has 1 heterocycles. The molecule has 2 aromatic rings. The fourth-order valence-corrected chi connectivity index (χ4v) is 3.06. The lowest BCUT2D eigenvalue weighted by Gasteiger charge is -2.08. The Morgan fingerprint density at radius 3 is 2.67 bits per heavy atom. The summed E-state index contributed by atoms with van der Waals surface area (Å²) in [6, 6.07) is 4.30. The molecule has 0 atom stereocenters. The zero-order chi connectivity index (χ0) is 17.9. The average molecular weight is 351 g/mol. The van der Waals surface area contributed by atoms with E-state index in [-0.39, 0.29) is 11.6 Å². The van der Waals surface area contributed by atoms with Gasteiger partial charge in [-0.3, -0.25) is 9.48 Å². The summed E-state index contributed by atoms with van der Waals surface area (Å²) in [6.45, 7) is 9.11. The van der Waals surface area contributed by atoms with E-state index in [1.165, 1.54) is 12.1 Å². The average Bonchev–Trinajstić information content (AvgIpc) is 2.73. The summed E-state index contributed by atoms with van der Waals surface area (Å²) in [6.07, 6.45) is 1.30. The second kappa shape index (κ2) is 7.93. The Balaban J connectivity index is 2.01. The van der Waals surface area contributed by atoms with Gasteiger partial charge < -0.3 is 0 Å². The Kier molecular flexibility index (Phi) is 6.16. The van der Waals surface area contributed by atoms with Gasteiger partial charge in [-0.25, -0.2) is 4.39 Å². The molecule has 2 rings (SSSR count). The molecule has 0 unspecified atom stereocenters. The molecule has 0 spiro atoms. The number of benzene rings is 1. The Bertz CT molecular complexity index is 737. The van der Waals surface area contributed by atoms with Crippen LogP contribution in [0.4, 0.5) is 4.39 Å². The van der Waals surface area contributed by atoms with Crippen LogP contribution in [0, 0.1) is 25.6 Å². The minimum absolute atomic E-state index is 0.144. The number of carbonyl (C=O) groups is 1. The number of rotatable bonds is 7. The highest BCUT2D eigenvalue weighted by Gasteiger charge is 2.16. The maximum atomic E-state index is 13.1. The van der Waals surface area contributed by atoms with Gasteiger partial charge in [-0.2, -0.15) is 5.10 Å². The lowest BCUT2D eigenvalue weighted by Crippen LogP contribution is -2.09. The number of halogens is 2. The molecule has 0 aliphatic carbocycles. The fourth-order valence-electron chi connectivity index (χ4n) is 2.80. The van der Waals surface area contributed by atoms with Gasteiger partial charge in [0, 0.05) is 35.7 Å². The second-order valence-corrected chi connectivity index (χ2v) is 7.08. The van der Waals surface area contributed by atoms with Crippen LogP contribution in [0.2, 0.25) is 5.02 Å². The summed E-state index contributed by atoms with van der Waals surface area (Å²) in [5, 5.41) is 4.92. The molecule has 0 radical (unpaired) electrons. The maximum Gasteiger partial charge on any atom is 0.137 e. The van der Waals surface area contributed by atoms with Gasteiger partial charge in [0.25, 0.3) is 0 Å². The number of hydrogen-bond acceptors (Lipinski definition) is 2. The van der Waals surface area contributed by atoms with E-state index in [2.05, 4.69) is 18.9 Å². The largest absolute Gasteiger partial charge is 0.299 e. The number of nitrogens with zero attached hydrogens (tertiary/aromatic N) is 2. The number of aromatic nitrogens is 2. The van der Waals surface area contributed by atoms with Gasteiger partial charge in [0.2, 0.25) is 0 Å². The number of Topliss-reactive ketones (excluding diaryl/α,β-unsaturated/α-hetero) is 1. The van der Waals surface area contributed by atoms with Crippen molar-refractivity contribution in [2.24, 2.45) is 5.92 Å². The van der Waals surface area contributed by atoms with Crippen LogP contribution >= 0.6 is 11.6 Å². The first-order valence-electron chi connectivity index (χ1n) is 8.26. The quantitative estimate of drug-likeness (QED) is 0.725. The molecular weight excluding hydrogens is 327 g/mol. The van der Waals surface area contributed by atoms with Crippen LogP contribution in [0.25, 0.3) is 0 Å². The van der Waals surface area contributed by atoms with Crippen molar-refractivity contribution in [3.63, 3.8) is 0 Å². The smallest absolute Gasteiger partial charge is 0.137 e. The first-order chi connectivity index (χ1) is 11.3. The van der Waals surface area contributed by atoms with E-state index < -0.39 is 0 Å². The van der Waals surface area contributed by atoms with E-state index in [4.69, 9.17) is 11.6 Å². The Labute approximate surface area is 147 Å². The van der Waals surface area contributed by atoms with Gasteiger partial charge in [0.05, 0.1) is 5.69 Å². The molecule has 0 amide bonds. The van der Waals surface area contributed by atoms with Crippen LogP contribution in [0.3, 0.4) is 0 Å². The summed E-state index contributed by atoms with van der Waals surface area (Å²) in [4.78, 5) is 12.3. The third kappa shape index (κ3) is 4.67. The third-order valence-electron chi connectivity index (χ3n) is 4.13. The molecule has 0 bridgehead atoms. The summed E-state index contributed by atoms with van der Waals surface area (Å²) in [5.41, 5.74) is 3.80. The molecule has 1 aromatic carbocycles. The van der Waals surface area contributed by atoms with Crippen molar-refractivity contribution in [3.05, 3.63) is 51.6 Å². The molecule has 0 fully saturated rings. The number of carbonyl (C=O) groups excluding carboxylic acids is 1. The second-order valence-electron chi connectivity index (χ2n) is 6.68. The van der Waals surface area contributed by atoms with Crippen LogP contribution in [-0.2, 0) is 24.2 Å². The monoisotopic (exact) mass is 350 g/mol. The number of aryl methyl sites for hydroxylation is 2. The molecule has 5 heteroatoms. The van der Waals surface area contributed by atoms with Gasteiger partial charge in [-0.05, 0) is 43.9 Å². The van der Waals surface area contributed by atoms with Gasteiger partial charge >= 0.3 is 0 Å². The van der Waals surface area contributed by atoms with E-state index in [9.17, 15) is 9.18 Å². The Morgan fingerprint density at radius 1 is 1.33 bits per heavy atom. The van der Waals surface area contributed by atoms with E-state index in [1.807, 2.05) is 18.5 Å². The summed E-state index contributed by atoms with van der Waals surface area (Å²) < 4.78 is 15.0. The van der Waals surface area contributed by atoms with Gasteiger partial charge in [-0.1, -0.05) is 31.5 Å². The van der Waals surface area contributed by atoms with Crippen molar-refractivity contribution < 1.29 is 9.18 Å². The summed E-state index contributed by atoms with van der Waals surface area (Å²) in [5.74, 6) is 0.289. The van der Waals surface area contributed by atoms with Crippen molar-refractivity contribution in [2.75, 3.05) is 0 Å². The van der Waals surface area contributed by atoms with Crippen molar-refractivity contribution >= 4 is 17.4 Å². The predicted molar refractivity (Wildman–Crippen MR) is 95.0 cm³/mol. The van der Waals surface area contributed by atoms with Gasteiger partial charge in [0.15, 0.2) is 0 Å². The summed E-state index contributed by atoms with van der Waals surface area (Å²) in [7, 11) is 0. The first-order valence-corrected chi connectivity index (χ1v) is 8.64. The molecule has 3 nitrogen and oxygen atoms in total. The van der Waals surface area contributed by atoms with E-state index in [1.54, 1.807) is 6.07 Å². The Hall–Kier alpha value is -1.68. The molecule has 24 heavy (non-hydrogen) atoms. The topological polar surface area (TPSA) is 34.9 Å². The van der Waals surface area contributed by atoms with Crippen LogP contribution in [-0.4, -0.2) is 15.6 Å². The zero-order valence-corrected chi connectivity index (χ0v) is 15.5.